The molecule has 1 aliphatic heterocycles. The highest BCUT2D eigenvalue weighted by Crippen LogP contribution is 2.35. The second-order valence-electron chi connectivity index (χ2n) is 8.05. The number of carbonyl (C=O) groups excluding carboxylic acids is 1. The van der Waals surface area contributed by atoms with Gasteiger partial charge in [-0.25, -0.2) is 9.97 Å². The minimum absolute atomic E-state index is 0.188. The number of amides is 1. The Hall–Kier alpha value is -3.30. The molecular formula is C24H25N5O3S. The minimum atomic E-state index is -0.188. The van der Waals surface area contributed by atoms with Gasteiger partial charge in [0, 0.05) is 37.5 Å². The first-order valence-electron chi connectivity index (χ1n) is 10.9. The zero-order chi connectivity index (χ0) is 22.9. The lowest BCUT2D eigenvalue weighted by Crippen LogP contribution is -2.11. The third-order valence-electron chi connectivity index (χ3n) is 5.80. The fraction of sp³-hybridized carbons (Fsp3) is 0.333. The Kier molecular flexibility index (Phi) is 5.82. The molecule has 0 spiro atoms. The summed E-state index contributed by atoms with van der Waals surface area (Å²) < 4.78 is 12.9. The number of benzene rings is 1. The summed E-state index contributed by atoms with van der Waals surface area (Å²) in [5, 5.41) is 3.79. The van der Waals surface area contributed by atoms with Crippen LogP contribution in [0.1, 0.15) is 39.7 Å². The molecular weight excluding hydrogens is 438 g/mol. The molecule has 0 radical (unpaired) electrons. The Labute approximate surface area is 195 Å². The van der Waals surface area contributed by atoms with Crippen molar-refractivity contribution in [3.05, 3.63) is 52.6 Å². The number of hydrogen-bond donors (Lipinski definition) is 1. The van der Waals surface area contributed by atoms with Crippen LogP contribution in [-0.2, 0) is 24.3 Å². The molecule has 0 unspecified atom stereocenters. The lowest BCUT2D eigenvalue weighted by atomic mass is 10.1. The molecule has 4 heterocycles. The molecule has 1 aromatic carbocycles. The van der Waals surface area contributed by atoms with Crippen molar-refractivity contribution < 1.29 is 14.3 Å². The normalized spacial score (nSPS) is 13.2. The van der Waals surface area contributed by atoms with E-state index in [1.807, 2.05) is 31.2 Å². The number of methoxy groups -OCH3 is 2. The number of thiophene rings is 1. The van der Waals surface area contributed by atoms with Gasteiger partial charge in [0.05, 0.1) is 23.1 Å². The number of imidazole rings is 1. The predicted octanol–water partition coefficient (Wildman–Crippen LogP) is 4.61. The zero-order valence-corrected chi connectivity index (χ0v) is 19.7. The number of aromatic nitrogens is 4. The van der Waals surface area contributed by atoms with Crippen LogP contribution < -0.4 is 10.1 Å². The average Bonchev–Trinajstić information content (AvgIpc) is 3.40. The summed E-state index contributed by atoms with van der Waals surface area (Å²) in [6, 6.07) is 7.81. The lowest BCUT2D eigenvalue weighted by Gasteiger charge is -2.11. The van der Waals surface area contributed by atoms with Crippen LogP contribution in [0, 0.1) is 6.92 Å². The Morgan fingerprint density at radius 3 is 2.88 bits per heavy atom. The van der Waals surface area contributed by atoms with E-state index in [-0.39, 0.29) is 12.5 Å². The summed E-state index contributed by atoms with van der Waals surface area (Å²) >= 11 is 1.33. The summed E-state index contributed by atoms with van der Waals surface area (Å²) in [6.07, 6.45) is 5.49. The smallest absolute Gasteiger partial charge is 0.266 e. The maximum Gasteiger partial charge on any atom is 0.266 e. The first kappa shape index (κ1) is 21.5. The second-order valence-corrected chi connectivity index (χ2v) is 9.05. The lowest BCUT2D eigenvalue weighted by molar-refractivity contribution is 0.103. The van der Waals surface area contributed by atoms with Crippen molar-refractivity contribution in [3.8, 4) is 17.1 Å². The number of hydrogen-bond acceptors (Lipinski definition) is 7. The average molecular weight is 464 g/mol. The van der Waals surface area contributed by atoms with Crippen LogP contribution in [0.5, 0.6) is 5.88 Å². The number of anilines is 1. The van der Waals surface area contributed by atoms with Crippen LogP contribution in [0.15, 0.2) is 30.5 Å². The predicted molar refractivity (Wildman–Crippen MR) is 128 cm³/mol. The van der Waals surface area contributed by atoms with Crippen LogP contribution >= 0.6 is 11.3 Å². The molecule has 170 valence electrons. The van der Waals surface area contributed by atoms with Crippen molar-refractivity contribution in [1.82, 2.24) is 19.5 Å². The molecule has 0 atom stereocenters. The Bertz CT molecular complexity index is 1320. The van der Waals surface area contributed by atoms with Crippen molar-refractivity contribution in [1.29, 1.82) is 0 Å². The molecule has 3 aromatic heterocycles. The molecule has 33 heavy (non-hydrogen) atoms. The minimum Gasteiger partial charge on any atom is -0.480 e. The van der Waals surface area contributed by atoms with Crippen LogP contribution in [0.4, 0.5) is 5.69 Å². The molecule has 1 aliphatic rings. The van der Waals surface area contributed by atoms with Gasteiger partial charge < -0.3 is 19.4 Å². The van der Waals surface area contributed by atoms with E-state index in [1.165, 1.54) is 24.2 Å². The van der Waals surface area contributed by atoms with Crippen molar-refractivity contribution in [2.45, 2.75) is 39.3 Å². The van der Waals surface area contributed by atoms with Crippen molar-refractivity contribution in [2.75, 3.05) is 19.5 Å². The van der Waals surface area contributed by atoms with Crippen molar-refractivity contribution in [2.24, 2.45) is 0 Å². The molecule has 0 bridgehead atoms. The summed E-state index contributed by atoms with van der Waals surface area (Å²) in [5.74, 6) is 1.91. The number of carbonyl (C=O) groups is 1. The third-order valence-corrected chi connectivity index (χ3v) is 6.99. The molecule has 0 saturated heterocycles. The Morgan fingerprint density at radius 2 is 2.09 bits per heavy atom. The Balaban J connectivity index is 1.43. The van der Waals surface area contributed by atoms with E-state index < -0.39 is 0 Å². The Morgan fingerprint density at radius 1 is 1.21 bits per heavy atom. The van der Waals surface area contributed by atoms with Gasteiger partial charge in [-0.15, -0.1) is 11.3 Å². The largest absolute Gasteiger partial charge is 0.480 e. The fourth-order valence-electron chi connectivity index (χ4n) is 4.20. The molecule has 0 saturated carbocycles. The SMILES string of the molecule is COCc1nc(OC)c2c(C)c(C(=O)Nc3cccc(-c4cn5c(n4)CCCC5)c3)sc2n1. The van der Waals surface area contributed by atoms with Gasteiger partial charge in [-0.1, -0.05) is 12.1 Å². The number of rotatable bonds is 6. The summed E-state index contributed by atoms with van der Waals surface area (Å²) in [7, 11) is 3.15. The molecule has 5 rings (SSSR count). The van der Waals surface area contributed by atoms with Gasteiger partial charge >= 0.3 is 0 Å². The van der Waals surface area contributed by atoms with Crippen LogP contribution in [0.25, 0.3) is 21.5 Å². The first-order chi connectivity index (χ1) is 16.1. The monoisotopic (exact) mass is 463 g/mol. The third kappa shape index (κ3) is 4.09. The second kappa shape index (κ2) is 8.92. The maximum absolute atomic E-state index is 13.2. The molecule has 1 amide bonds. The van der Waals surface area contributed by atoms with E-state index >= 15 is 0 Å². The van der Waals surface area contributed by atoms with Crippen LogP contribution in [0.2, 0.25) is 0 Å². The number of fused-ring (bicyclic) bond motifs is 2. The summed E-state index contributed by atoms with van der Waals surface area (Å²) in [5.41, 5.74) is 3.44. The quantitative estimate of drug-likeness (QED) is 0.449. The summed E-state index contributed by atoms with van der Waals surface area (Å²) in [6.45, 7) is 3.18. The molecule has 0 fully saturated rings. The first-order valence-corrected chi connectivity index (χ1v) is 11.7. The highest BCUT2D eigenvalue weighted by Gasteiger charge is 2.21. The van der Waals surface area contributed by atoms with E-state index in [9.17, 15) is 4.79 Å². The number of aryl methyl sites for hydroxylation is 3. The van der Waals surface area contributed by atoms with Gasteiger partial charge in [-0.2, -0.15) is 4.98 Å². The highest BCUT2D eigenvalue weighted by molar-refractivity contribution is 7.20. The number of ether oxygens (including phenoxy) is 2. The van der Waals surface area contributed by atoms with Gasteiger partial charge in [0.1, 0.15) is 17.3 Å². The van der Waals surface area contributed by atoms with E-state index in [0.29, 0.717) is 21.4 Å². The molecule has 4 aromatic rings. The van der Waals surface area contributed by atoms with Crippen molar-refractivity contribution in [3.63, 3.8) is 0 Å². The molecule has 0 aliphatic carbocycles. The number of nitrogens with zero attached hydrogens (tertiary/aromatic N) is 4. The van der Waals surface area contributed by atoms with Crippen LogP contribution in [-0.4, -0.2) is 39.6 Å². The van der Waals surface area contributed by atoms with E-state index in [0.717, 1.165) is 46.7 Å². The topological polar surface area (TPSA) is 91.2 Å². The standard InChI is InChI=1S/C24H25N5O3S/c1-14-20-23(32-3)27-18(13-31-2)28-24(20)33-21(14)22(30)25-16-8-6-7-15(11-16)17-12-29-10-5-4-9-19(29)26-17/h6-8,11-12H,4-5,9-10,13H2,1-3H3,(H,25,30). The van der Waals surface area contributed by atoms with Gasteiger partial charge in [0.2, 0.25) is 5.88 Å². The summed E-state index contributed by atoms with van der Waals surface area (Å²) in [4.78, 5) is 28.2. The van der Waals surface area contributed by atoms with Crippen molar-refractivity contribution >= 4 is 33.1 Å². The molecule has 9 heteroatoms. The number of nitrogens with one attached hydrogen (secondary N) is 1. The molecule has 1 N–H and O–H groups in total. The van der Waals surface area contributed by atoms with Gasteiger partial charge in [-0.3, -0.25) is 4.79 Å². The fourth-order valence-corrected chi connectivity index (χ4v) is 5.28. The molecule has 8 nitrogen and oxygen atoms in total. The van der Waals surface area contributed by atoms with E-state index in [1.54, 1.807) is 14.2 Å². The van der Waals surface area contributed by atoms with Gasteiger partial charge in [0.25, 0.3) is 5.91 Å². The highest BCUT2D eigenvalue weighted by atomic mass is 32.1. The van der Waals surface area contributed by atoms with E-state index in [4.69, 9.17) is 14.5 Å². The van der Waals surface area contributed by atoms with Gasteiger partial charge in [-0.05, 0) is 37.5 Å². The zero-order valence-electron chi connectivity index (χ0n) is 18.8. The van der Waals surface area contributed by atoms with Crippen LogP contribution in [0.3, 0.4) is 0 Å². The van der Waals surface area contributed by atoms with Gasteiger partial charge in [0.15, 0.2) is 5.82 Å². The van der Waals surface area contributed by atoms with E-state index in [2.05, 4.69) is 26.0 Å². The maximum atomic E-state index is 13.2.